The van der Waals surface area contributed by atoms with Crippen molar-refractivity contribution in [1.82, 2.24) is 14.7 Å². The van der Waals surface area contributed by atoms with Gasteiger partial charge in [0.25, 0.3) is 0 Å². The zero-order valence-corrected chi connectivity index (χ0v) is 10.3. The Morgan fingerprint density at radius 2 is 2.38 bits per heavy atom. The Morgan fingerprint density at radius 3 is 3.00 bits per heavy atom. The van der Waals surface area contributed by atoms with Gasteiger partial charge in [0.1, 0.15) is 0 Å². The van der Waals surface area contributed by atoms with E-state index in [0.29, 0.717) is 12.6 Å². The van der Waals surface area contributed by atoms with Crippen LogP contribution in [-0.2, 0) is 20.0 Å². The normalized spacial score (nSPS) is 21.8. The van der Waals surface area contributed by atoms with Crippen LogP contribution < -0.4 is 5.73 Å². The van der Waals surface area contributed by atoms with Crippen LogP contribution in [-0.4, -0.2) is 33.8 Å². The number of likely N-dealkylation sites (N-methyl/N-ethyl adjacent to an activating group) is 1. The molecule has 1 atom stereocenters. The predicted octanol–water partition coefficient (Wildman–Crippen LogP) is 0.906. The van der Waals surface area contributed by atoms with Gasteiger partial charge < -0.3 is 10.6 Å². The average molecular weight is 222 g/mol. The van der Waals surface area contributed by atoms with Gasteiger partial charge in [0, 0.05) is 26.1 Å². The summed E-state index contributed by atoms with van der Waals surface area (Å²) in [4.78, 5) is 2.55. The van der Waals surface area contributed by atoms with E-state index in [-0.39, 0.29) is 0 Å². The summed E-state index contributed by atoms with van der Waals surface area (Å²) in [5.74, 6) is 0. The maximum absolute atomic E-state index is 5.65. The quantitative estimate of drug-likeness (QED) is 0.823. The molecule has 0 aromatic carbocycles. The number of hydrogen-bond acceptors (Lipinski definition) is 3. The minimum atomic E-state index is 0.575. The topological polar surface area (TPSA) is 47.1 Å². The molecule has 2 rings (SSSR count). The molecule has 90 valence electrons. The molecule has 1 aromatic rings. The van der Waals surface area contributed by atoms with Gasteiger partial charge in [-0.25, -0.2) is 0 Å². The Kier molecular flexibility index (Phi) is 3.61. The third-order valence-electron chi connectivity index (χ3n) is 3.59. The van der Waals surface area contributed by atoms with Crippen molar-refractivity contribution >= 4 is 0 Å². The fraction of sp³-hybridized carbons (Fsp3) is 0.750. The van der Waals surface area contributed by atoms with Crippen LogP contribution in [0.5, 0.6) is 0 Å². The number of hydrogen-bond donors (Lipinski definition) is 1. The van der Waals surface area contributed by atoms with Gasteiger partial charge in [-0.1, -0.05) is 6.92 Å². The molecule has 0 radical (unpaired) electrons. The lowest BCUT2D eigenvalue weighted by molar-refractivity contribution is 0.264. The van der Waals surface area contributed by atoms with Crippen LogP contribution in [0.15, 0.2) is 6.07 Å². The minimum absolute atomic E-state index is 0.575. The molecule has 0 aliphatic carbocycles. The first kappa shape index (κ1) is 11.6. The van der Waals surface area contributed by atoms with E-state index >= 15 is 0 Å². The van der Waals surface area contributed by atoms with Crippen molar-refractivity contribution in [2.75, 3.05) is 13.1 Å². The van der Waals surface area contributed by atoms with Gasteiger partial charge in [0.05, 0.1) is 11.4 Å². The Balaban J connectivity index is 2.02. The molecule has 2 N–H and O–H groups in total. The number of likely N-dealkylation sites (tertiary alicyclic amines) is 1. The third kappa shape index (κ3) is 2.28. The van der Waals surface area contributed by atoms with Gasteiger partial charge in [-0.05, 0) is 32.0 Å². The first-order valence-corrected chi connectivity index (χ1v) is 6.20. The third-order valence-corrected chi connectivity index (χ3v) is 3.59. The highest BCUT2D eigenvalue weighted by Gasteiger charge is 2.23. The Labute approximate surface area is 97.4 Å². The van der Waals surface area contributed by atoms with E-state index < -0.39 is 0 Å². The van der Waals surface area contributed by atoms with Crippen molar-refractivity contribution < 1.29 is 0 Å². The zero-order chi connectivity index (χ0) is 11.5. The van der Waals surface area contributed by atoms with Gasteiger partial charge in [0.2, 0.25) is 0 Å². The van der Waals surface area contributed by atoms with Crippen molar-refractivity contribution in [3.8, 4) is 0 Å². The summed E-state index contributed by atoms with van der Waals surface area (Å²) in [7, 11) is 1.97. The van der Waals surface area contributed by atoms with Crippen molar-refractivity contribution in [3.63, 3.8) is 0 Å². The van der Waals surface area contributed by atoms with Gasteiger partial charge in [-0.3, -0.25) is 4.68 Å². The molecule has 1 aromatic heterocycles. The van der Waals surface area contributed by atoms with E-state index in [1.165, 1.54) is 25.1 Å². The lowest BCUT2D eigenvalue weighted by Gasteiger charge is -2.21. The second-order valence-electron chi connectivity index (χ2n) is 4.58. The van der Waals surface area contributed by atoms with Crippen LogP contribution in [0.25, 0.3) is 0 Å². The largest absolute Gasteiger partial charge is 0.325 e. The molecule has 0 spiro atoms. The number of nitrogens with two attached hydrogens (primary N) is 1. The second kappa shape index (κ2) is 4.97. The molecule has 4 heteroatoms. The van der Waals surface area contributed by atoms with E-state index in [1.807, 2.05) is 11.7 Å². The summed E-state index contributed by atoms with van der Waals surface area (Å²) in [6.07, 6.45) is 3.71. The molecular formula is C12H22N4. The molecule has 1 saturated heterocycles. The van der Waals surface area contributed by atoms with E-state index in [0.717, 1.165) is 18.7 Å². The molecule has 16 heavy (non-hydrogen) atoms. The molecule has 2 heterocycles. The highest BCUT2D eigenvalue weighted by molar-refractivity contribution is 5.11. The maximum Gasteiger partial charge on any atom is 0.0643 e. The molecule has 1 aliphatic heterocycles. The first-order chi connectivity index (χ1) is 7.74. The van der Waals surface area contributed by atoms with Gasteiger partial charge in [-0.15, -0.1) is 0 Å². The molecule has 0 saturated carbocycles. The first-order valence-electron chi connectivity index (χ1n) is 6.20. The van der Waals surface area contributed by atoms with E-state index in [2.05, 4.69) is 23.0 Å². The van der Waals surface area contributed by atoms with Crippen LogP contribution in [0.2, 0.25) is 0 Å². The molecule has 0 bridgehead atoms. The SMILES string of the molecule is CCN1CCCC1Cc1cc(CN)n(C)n1. The number of aromatic nitrogens is 2. The van der Waals surface area contributed by atoms with Crippen molar-refractivity contribution in [2.24, 2.45) is 12.8 Å². The average Bonchev–Trinajstić information content (AvgIpc) is 2.85. The van der Waals surface area contributed by atoms with Gasteiger partial charge >= 0.3 is 0 Å². The van der Waals surface area contributed by atoms with Crippen molar-refractivity contribution in [2.45, 2.75) is 38.8 Å². The molecule has 1 fully saturated rings. The minimum Gasteiger partial charge on any atom is -0.325 e. The summed E-state index contributed by atoms with van der Waals surface area (Å²) < 4.78 is 1.90. The van der Waals surface area contributed by atoms with Crippen LogP contribution in [0.3, 0.4) is 0 Å². The summed E-state index contributed by atoms with van der Waals surface area (Å²) in [5, 5.41) is 4.52. The monoisotopic (exact) mass is 222 g/mol. The molecular weight excluding hydrogens is 200 g/mol. The fourth-order valence-electron chi connectivity index (χ4n) is 2.65. The number of nitrogens with zero attached hydrogens (tertiary/aromatic N) is 3. The van der Waals surface area contributed by atoms with Crippen LogP contribution >= 0.6 is 0 Å². The molecule has 1 unspecified atom stereocenters. The smallest absolute Gasteiger partial charge is 0.0643 e. The zero-order valence-electron chi connectivity index (χ0n) is 10.3. The maximum atomic E-state index is 5.65. The fourth-order valence-corrected chi connectivity index (χ4v) is 2.65. The highest BCUT2D eigenvalue weighted by Crippen LogP contribution is 2.20. The molecule has 1 aliphatic rings. The second-order valence-corrected chi connectivity index (χ2v) is 4.58. The Hall–Kier alpha value is -0.870. The van der Waals surface area contributed by atoms with E-state index in [9.17, 15) is 0 Å². The summed E-state index contributed by atoms with van der Waals surface area (Å²) in [6, 6.07) is 2.83. The lowest BCUT2D eigenvalue weighted by atomic mass is 10.1. The van der Waals surface area contributed by atoms with Crippen LogP contribution in [0.1, 0.15) is 31.2 Å². The van der Waals surface area contributed by atoms with Gasteiger partial charge in [0.15, 0.2) is 0 Å². The van der Waals surface area contributed by atoms with Crippen LogP contribution in [0, 0.1) is 0 Å². The standard InChI is InChI=1S/C12H22N4/c1-3-16-6-4-5-11(16)7-10-8-12(9-13)15(2)14-10/h8,11H,3-7,9,13H2,1-2H3. The summed E-state index contributed by atoms with van der Waals surface area (Å²) in [5.41, 5.74) is 7.96. The van der Waals surface area contributed by atoms with E-state index in [4.69, 9.17) is 5.73 Å². The van der Waals surface area contributed by atoms with Crippen molar-refractivity contribution in [3.05, 3.63) is 17.5 Å². The van der Waals surface area contributed by atoms with Gasteiger partial charge in [-0.2, -0.15) is 5.10 Å². The van der Waals surface area contributed by atoms with E-state index in [1.54, 1.807) is 0 Å². The predicted molar refractivity (Wildman–Crippen MR) is 65.1 cm³/mol. The number of rotatable bonds is 4. The van der Waals surface area contributed by atoms with Crippen LogP contribution in [0.4, 0.5) is 0 Å². The molecule has 4 nitrogen and oxygen atoms in total. The molecule has 0 amide bonds. The summed E-state index contributed by atoms with van der Waals surface area (Å²) in [6.45, 7) is 5.21. The van der Waals surface area contributed by atoms with Crippen molar-refractivity contribution in [1.29, 1.82) is 0 Å². The Morgan fingerprint density at radius 1 is 1.56 bits per heavy atom. The number of aryl methyl sites for hydroxylation is 1. The lowest BCUT2D eigenvalue weighted by Crippen LogP contribution is -2.30. The Bertz CT molecular complexity index is 345. The summed E-state index contributed by atoms with van der Waals surface area (Å²) >= 11 is 0. The highest BCUT2D eigenvalue weighted by atomic mass is 15.3.